The average Bonchev–Trinajstić information content (AvgIpc) is 2.21. The van der Waals surface area contributed by atoms with E-state index in [9.17, 15) is 8.78 Å². The molecule has 0 aliphatic carbocycles. The molecule has 92 valence electrons. The van der Waals surface area contributed by atoms with Gasteiger partial charge in [-0.1, -0.05) is 20.3 Å². The highest BCUT2D eigenvalue weighted by Gasteiger charge is 2.10. The summed E-state index contributed by atoms with van der Waals surface area (Å²) in [4.78, 5) is 0. The summed E-state index contributed by atoms with van der Waals surface area (Å²) in [6.07, 6.45) is 0.668. The summed E-state index contributed by atoms with van der Waals surface area (Å²) in [7, 11) is 1.90. The molecule has 2 unspecified atom stereocenters. The molecule has 0 rings (SSSR count). The predicted octanol–water partition coefficient (Wildman–Crippen LogP) is 2.68. The van der Waals surface area contributed by atoms with Gasteiger partial charge in [-0.3, -0.25) is 0 Å². The van der Waals surface area contributed by atoms with E-state index in [1.807, 2.05) is 7.05 Å². The molecule has 0 spiro atoms. The summed E-state index contributed by atoms with van der Waals surface area (Å²) in [5, 5.41) is 3.19. The van der Waals surface area contributed by atoms with Crippen LogP contribution in [0.1, 0.15) is 33.1 Å². The van der Waals surface area contributed by atoms with Gasteiger partial charge in [0.15, 0.2) is 0 Å². The zero-order chi connectivity index (χ0) is 11.7. The molecule has 0 aromatic carbocycles. The van der Waals surface area contributed by atoms with Crippen molar-refractivity contribution in [1.82, 2.24) is 5.32 Å². The van der Waals surface area contributed by atoms with Gasteiger partial charge in [0, 0.05) is 12.6 Å². The molecule has 0 saturated carbocycles. The van der Waals surface area contributed by atoms with E-state index in [1.165, 1.54) is 0 Å². The van der Waals surface area contributed by atoms with Crippen molar-refractivity contribution in [1.29, 1.82) is 0 Å². The maximum absolute atomic E-state index is 11.8. The predicted molar refractivity (Wildman–Crippen MR) is 58.4 cm³/mol. The number of nitrogens with one attached hydrogen (secondary N) is 1. The second-order valence-corrected chi connectivity index (χ2v) is 3.99. The topological polar surface area (TPSA) is 21.3 Å². The van der Waals surface area contributed by atoms with Crippen LogP contribution in [0.4, 0.5) is 8.78 Å². The minimum absolute atomic E-state index is 0.373. The molecule has 0 bridgehead atoms. The van der Waals surface area contributed by atoms with E-state index in [1.54, 1.807) is 0 Å². The van der Waals surface area contributed by atoms with Gasteiger partial charge in [-0.15, -0.1) is 0 Å². The van der Waals surface area contributed by atoms with Gasteiger partial charge in [0.2, 0.25) is 0 Å². The SMILES string of the molecule is CCC(C)CC(CCOCC(F)F)NC. The van der Waals surface area contributed by atoms with Crippen LogP contribution in [0.2, 0.25) is 0 Å². The first-order chi connectivity index (χ1) is 7.10. The first-order valence-corrected chi connectivity index (χ1v) is 5.63. The van der Waals surface area contributed by atoms with E-state index < -0.39 is 13.0 Å². The molecule has 0 saturated heterocycles. The number of hydrogen-bond acceptors (Lipinski definition) is 2. The van der Waals surface area contributed by atoms with Crippen molar-refractivity contribution < 1.29 is 13.5 Å². The molecule has 0 fully saturated rings. The summed E-state index contributed by atoms with van der Waals surface area (Å²) in [6.45, 7) is 4.32. The van der Waals surface area contributed by atoms with E-state index in [0.29, 0.717) is 18.6 Å². The Balaban J connectivity index is 3.52. The highest BCUT2D eigenvalue weighted by Crippen LogP contribution is 2.12. The highest BCUT2D eigenvalue weighted by molar-refractivity contribution is 4.67. The maximum Gasteiger partial charge on any atom is 0.261 e. The van der Waals surface area contributed by atoms with Crippen molar-refractivity contribution in [3.05, 3.63) is 0 Å². The van der Waals surface area contributed by atoms with Crippen LogP contribution in [0.3, 0.4) is 0 Å². The Morgan fingerprint density at radius 3 is 2.47 bits per heavy atom. The van der Waals surface area contributed by atoms with Crippen molar-refractivity contribution in [2.24, 2.45) is 5.92 Å². The van der Waals surface area contributed by atoms with Crippen LogP contribution in [0, 0.1) is 5.92 Å². The van der Waals surface area contributed by atoms with Crippen molar-refractivity contribution in [3.8, 4) is 0 Å². The molecule has 0 aromatic rings. The van der Waals surface area contributed by atoms with Crippen LogP contribution in [0.15, 0.2) is 0 Å². The van der Waals surface area contributed by atoms with Gasteiger partial charge < -0.3 is 10.1 Å². The molecule has 15 heavy (non-hydrogen) atoms. The Hall–Kier alpha value is -0.220. The molecule has 4 heteroatoms. The van der Waals surface area contributed by atoms with Gasteiger partial charge in [-0.2, -0.15) is 0 Å². The van der Waals surface area contributed by atoms with Crippen LogP contribution in [0.25, 0.3) is 0 Å². The molecule has 0 amide bonds. The van der Waals surface area contributed by atoms with Gasteiger partial charge in [0.1, 0.15) is 6.61 Å². The normalized spacial score (nSPS) is 15.6. The van der Waals surface area contributed by atoms with Gasteiger partial charge in [-0.25, -0.2) is 8.78 Å². The molecule has 2 nitrogen and oxygen atoms in total. The van der Waals surface area contributed by atoms with E-state index in [2.05, 4.69) is 19.2 Å². The minimum Gasteiger partial charge on any atom is -0.375 e. The van der Waals surface area contributed by atoms with E-state index >= 15 is 0 Å². The third kappa shape index (κ3) is 8.75. The highest BCUT2D eigenvalue weighted by atomic mass is 19.3. The Kier molecular flexibility index (Phi) is 8.91. The summed E-state index contributed by atoms with van der Waals surface area (Å²) < 4.78 is 28.4. The minimum atomic E-state index is -2.35. The smallest absolute Gasteiger partial charge is 0.261 e. The fraction of sp³-hybridized carbons (Fsp3) is 1.00. The molecular formula is C11H23F2NO. The summed E-state index contributed by atoms with van der Waals surface area (Å²) in [5.41, 5.74) is 0. The zero-order valence-corrected chi connectivity index (χ0v) is 9.93. The summed E-state index contributed by atoms with van der Waals surface area (Å²) >= 11 is 0. The van der Waals surface area contributed by atoms with Crippen molar-refractivity contribution in [2.45, 2.75) is 45.6 Å². The van der Waals surface area contributed by atoms with Gasteiger partial charge in [0.25, 0.3) is 6.43 Å². The monoisotopic (exact) mass is 223 g/mol. The lowest BCUT2D eigenvalue weighted by atomic mass is 9.98. The number of hydrogen-bond donors (Lipinski definition) is 1. The largest absolute Gasteiger partial charge is 0.375 e. The van der Waals surface area contributed by atoms with Crippen LogP contribution in [0.5, 0.6) is 0 Å². The first kappa shape index (κ1) is 14.8. The summed E-state index contributed by atoms with van der Waals surface area (Å²) in [6, 6.07) is 0.373. The average molecular weight is 223 g/mol. The molecule has 2 atom stereocenters. The second kappa shape index (κ2) is 9.04. The third-order valence-electron chi connectivity index (χ3n) is 2.65. The van der Waals surface area contributed by atoms with Crippen molar-refractivity contribution >= 4 is 0 Å². The molecule has 1 N–H and O–H groups in total. The van der Waals surface area contributed by atoms with E-state index in [0.717, 1.165) is 19.3 Å². The fourth-order valence-electron chi connectivity index (χ4n) is 1.43. The Morgan fingerprint density at radius 1 is 1.33 bits per heavy atom. The van der Waals surface area contributed by atoms with Crippen LogP contribution in [-0.4, -0.2) is 32.7 Å². The Labute approximate surface area is 91.4 Å². The lowest BCUT2D eigenvalue weighted by Crippen LogP contribution is -2.29. The number of halogens is 2. The number of rotatable bonds is 9. The van der Waals surface area contributed by atoms with E-state index in [4.69, 9.17) is 4.74 Å². The Morgan fingerprint density at radius 2 is 2.00 bits per heavy atom. The van der Waals surface area contributed by atoms with E-state index in [-0.39, 0.29) is 0 Å². The van der Waals surface area contributed by atoms with Crippen LogP contribution >= 0.6 is 0 Å². The quantitative estimate of drug-likeness (QED) is 0.607. The molecule has 0 heterocycles. The van der Waals surface area contributed by atoms with Gasteiger partial charge in [-0.05, 0) is 25.8 Å². The van der Waals surface area contributed by atoms with Gasteiger partial charge >= 0.3 is 0 Å². The lowest BCUT2D eigenvalue weighted by molar-refractivity contribution is 0.0140. The number of ether oxygens (including phenoxy) is 1. The van der Waals surface area contributed by atoms with Crippen molar-refractivity contribution in [2.75, 3.05) is 20.3 Å². The lowest BCUT2D eigenvalue weighted by Gasteiger charge is -2.19. The molecule has 0 aromatic heterocycles. The third-order valence-corrected chi connectivity index (χ3v) is 2.65. The number of alkyl halides is 2. The van der Waals surface area contributed by atoms with Crippen LogP contribution < -0.4 is 5.32 Å². The fourth-order valence-corrected chi connectivity index (χ4v) is 1.43. The molecular weight excluding hydrogens is 200 g/mol. The molecule has 0 aliphatic rings. The maximum atomic E-state index is 11.8. The Bertz CT molecular complexity index is 145. The standard InChI is InChI=1S/C11H23F2NO/c1-4-9(2)7-10(14-3)5-6-15-8-11(12)13/h9-11,14H,4-8H2,1-3H3. The van der Waals surface area contributed by atoms with Crippen molar-refractivity contribution in [3.63, 3.8) is 0 Å². The first-order valence-electron chi connectivity index (χ1n) is 5.63. The summed E-state index contributed by atoms with van der Waals surface area (Å²) in [5.74, 6) is 0.664. The zero-order valence-electron chi connectivity index (χ0n) is 9.93. The molecule has 0 radical (unpaired) electrons. The van der Waals surface area contributed by atoms with Gasteiger partial charge in [0.05, 0.1) is 0 Å². The second-order valence-electron chi connectivity index (χ2n) is 3.99. The molecule has 0 aliphatic heterocycles. The van der Waals surface area contributed by atoms with Crippen LogP contribution in [-0.2, 0) is 4.74 Å².